The Morgan fingerprint density at radius 1 is 0.968 bits per heavy atom. The number of aromatic nitrogens is 1. The SMILES string of the molecule is CC(=O)Nc1ccc(NC(=O)CN(c2ccc(F)cc2)S(=O)(=O)c2cccnc2)cc1. The van der Waals surface area contributed by atoms with Gasteiger partial charge in [0.2, 0.25) is 11.8 Å². The lowest BCUT2D eigenvalue weighted by Crippen LogP contribution is -2.38. The van der Waals surface area contributed by atoms with Gasteiger partial charge in [-0.25, -0.2) is 12.8 Å². The van der Waals surface area contributed by atoms with Crippen LogP contribution in [0.4, 0.5) is 21.5 Å². The lowest BCUT2D eigenvalue weighted by Gasteiger charge is -2.24. The van der Waals surface area contributed by atoms with E-state index in [1.165, 1.54) is 43.6 Å². The first-order valence-electron chi connectivity index (χ1n) is 9.11. The van der Waals surface area contributed by atoms with Crippen molar-refractivity contribution in [1.29, 1.82) is 0 Å². The van der Waals surface area contributed by atoms with Crippen LogP contribution >= 0.6 is 0 Å². The minimum absolute atomic E-state index is 0.105. The molecule has 3 aromatic rings. The molecule has 0 aliphatic rings. The fraction of sp³-hybridized carbons (Fsp3) is 0.0952. The van der Waals surface area contributed by atoms with Gasteiger partial charge < -0.3 is 10.6 Å². The summed E-state index contributed by atoms with van der Waals surface area (Å²) in [6.07, 6.45) is 2.60. The van der Waals surface area contributed by atoms with Crippen molar-refractivity contribution < 1.29 is 22.4 Å². The minimum atomic E-state index is -4.13. The molecule has 0 radical (unpaired) electrons. The average Bonchev–Trinajstić information content (AvgIpc) is 2.74. The molecule has 0 fully saturated rings. The maximum atomic E-state index is 13.3. The van der Waals surface area contributed by atoms with Crippen LogP contribution in [-0.2, 0) is 19.6 Å². The molecule has 10 heteroatoms. The zero-order valence-electron chi connectivity index (χ0n) is 16.4. The van der Waals surface area contributed by atoms with E-state index in [9.17, 15) is 22.4 Å². The second kappa shape index (κ2) is 9.35. The van der Waals surface area contributed by atoms with Gasteiger partial charge in [-0.15, -0.1) is 0 Å². The lowest BCUT2D eigenvalue weighted by molar-refractivity contribution is -0.115. The van der Waals surface area contributed by atoms with Crippen molar-refractivity contribution in [3.05, 3.63) is 78.9 Å². The van der Waals surface area contributed by atoms with Gasteiger partial charge in [0.15, 0.2) is 0 Å². The molecule has 2 aromatic carbocycles. The van der Waals surface area contributed by atoms with Crippen molar-refractivity contribution in [3.8, 4) is 0 Å². The summed E-state index contributed by atoms with van der Waals surface area (Å²) in [6.45, 7) is 0.832. The molecule has 8 nitrogen and oxygen atoms in total. The molecule has 160 valence electrons. The number of nitrogens with one attached hydrogen (secondary N) is 2. The van der Waals surface area contributed by atoms with Crippen molar-refractivity contribution in [1.82, 2.24) is 4.98 Å². The summed E-state index contributed by atoms with van der Waals surface area (Å²) in [5, 5.41) is 5.22. The number of sulfonamides is 1. The molecule has 0 saturated heterocycles. The Hall–Kier alpha value is -3.79. The first kappa shape index (κ1) is 21.9. The van der Waals surface area contributed by atoms with Gasteiger partial charge >= 0.3 is 0 Å². The van der Waals surface area contributed by atoms with E-state index in [1.807, 2.05) is 0 Å². The fourth-order valence-corrected chi connectivity index (χ4v) is 4.11. The molecule has 0 bridgehead atoms. The monoisotopic (exact) mass is 442 g/mol. The number of hydrogen-bond acceptors (Lipinski definition) is 5. The van der Waals surface area contributed by atoms with Crippen LogP contribution in [0.3, 0.4) is 0 Å². The molecule has 2 N–H and O–H groups in total. The normalized spacial score (nSPS) is 10.9. The molecule has 0 saturated carbocycles. The van der Waals surface area contributed by atoms with Gasteiger partial charge in [0.05, 0.1) is 5.69 Å². The molecular formula is C21H19FN4O4S. The third-order valence-electron chi connectivity index (χ3n) is 4.11. The molecule has 2 amide bonds. The summed E-state index contributed by atoms with van der Waals surface area (Å²) >= 11 is 0. The summed E-state index contributed by atoms with van der Waals surface area (Å²) in [6, 6.07) is 13.9. The summed E-state index contributed by atoms with van der Waals surface area (Å²) in [5.41, 5.74) is 1.09. The third-order valence-corrected chi connectivity index (χ3v) is 5.87. The number of rotatable bonds is 7. The number of carbonyl (C=O) groups is 2. The number of pyridine rings is 1. The minimum Gasteiger partial charge on any atom is -0.326 e. The van der Waals surface area contributed by atoms with Gasteiger partial charge in [-0.3, -0.25) is 18.9 Å². The molecule has 0 aliphatic heterocycles. The molecule has 0 spiro atoms. The van der Waals surface area contributed by atoms with Crippen LogP contribution in [0.5, 0.6) is 0 Å². The van der Waals surface area contributed by atoms with Gasteiger partial charge in [-0.2, -0.15) is 0 Å². The van der Waals surface area contributed by atoms with Crippen molar-refractivity contribution in [2.24, 2.45) is 0 Å². The topological polar surface area (TPSA) is 108 Å². The average molecular weight is 442 g/mol. The molecule has 31 heavy (non-hydrogen) atoms. The number of carbonyl (C=O) groups excluding carboxylic acids is 2. The number of anilines is 3. The first-order chi connectivity index (χ1) is 14.8. The van der Waals surface area contributed by atoms with E-state index in [2.05, 4.69) is 15.6 Å². The molecule has 1 aromatic heterocycles. The highest BCUT2D eigenvalue weighted by molar-refractivity contribution is 7.92. The molecule has 0 atom stereocenters. The third kappa shape index (κ3) is 5.64. The van der Waals surface area contributed by atoms with Crippen LogP contribution in [0.25, 0.3) is 0 Å². The van der Waals surface area contributed by atoms with E-state index in [0.29, 0.717) is 11.4 Å². The maximum Gasteiger partial charge on any atom is 0.266 e. The highest BCUT2D eigenvalue weighted by Gasteiger charge is 2.27. The Labute approximate surface area is 178 Å². The summed E-state index contributed by atoms with van der Waals surface area (Å²) in [4.78, 5) is 27.4. The van der Waals surface area contributed by atoms with Gasteiger partial charge in [0, 0.05) is 30.7 Å². The number of amides is 2. The van der Waals surface area contributed by atoms with E-state index in [1.54, 1.807) is 24.3 Å². The zero-order chi connectivity index (χ0) is 22.4. The van der Waals surface area contributed by atoms with Crippen LogP contribution in [0.1, 0.15) is 6.92 Å². The Morgan fingerprint density at radius 2 is 1.58 bits per heavy atom. The van der Waals surface area contributed by atoms with E-state index >= 15 is 0 Å². The highest BCUT2D eigenvalue weighted by Crippen LogP contribution is 2.24. The van der Waals surface area contributed by atoms with Gasteiger partial charge in [0.1, 0.15) is 17.3 Å². The molecule has 0 unspecified atom stereocenters. The van der Waals surface area contributed by atoms with Crippen LogP contribution in [0.15, 0.2) is 78.0 Å². The summed E-state index contributed by atoms with van der Waals surface area (Å²) in [7, 11) is -4.13. The van der Waals surface area contributed by atoms with Crippen LogP contribution in [-0.4, -0.2) is 31.8 Å². The van der Waals surface area contributed by atoms with Gasteiger partial charge in [-0.05, 0) is 60.7 Å². The molecule has 0 aliphatic carbocycles. The number of hydrogen-bond donors (Lipinski definition) is 2. The molecule has 3 rings (SSSR count). The van der Waals surface area contributed by atoms with E-state index < -0.39 is 28.3 Å². The quantitative estimate of drug-likeness (QED) is 0.585. The van der Waals surface area contributed by atoms with Crippen LogP contribution in [0, 0.1) is 5.82 Å². The number of nitrogens with zero attached hydrogens (tertiary/aromatic N) is 2. The van der Waals surface area contributed by atoms with Crippen molar-refractivity contribution >= 4 is 38.9 Å². The second-order valence-electron chi connectivity index (χ2n) is 6.48. The van der Waals surface area contributed by atoms with Crippen LogP contribution in [0.2, 0.25) is 0 Å². The Kier molecular flexibility index (Phi) is 6.61. The lowest BCUT2D eigenvalue weighted by atomic mass is 10.2. The number of halogens is 1. The predicted octanol–water partition coefficient (Wildman–Crippen LogP) is 3.01. The Balaban J connectivity index is 1.84. The predicted molar refractivity (Wildman–Crippen MR) is 115 cm³/mol. The Morgan fingerprint density at radius 3 is 2.13 bits per heavy atom. The summed E-state index contributed by atoms with van der Waals surface area (Å²) < 4.78 is 40.5. The number of benzene rings is 2. The molecular weight excluding hydrogens is 423 g/mol. The van der Waals surface area contributed by atoms with Crippen molar-refractivity contribution in [2.45, 2.75) is 11.8 Å². The van der Waals surface area contributed by atoms with Crippen molar-refractivity contribution in [3.63, 3.8) is 0 Å². The zero-order valence-corrected chi connectivity index (χ0v) is 17.3. The smallest absolute Gasteiger partial charge is 0.266 e. The van der Waals surface area contributed by atoms with E-state index in [4.69, 9.17) is 0 Å². The van der Waals surface area contributed by atoms with E-state index in [-0.39, 0.29) is 16.5 Å². The highest BCUT2D eigenvalue weighted by atomic mass is 32.2. The summed E-state index contributed by atoms with van der Waals surface area (Å²) in [5.74, 6) is -1.37. The fourth-order valence-electron chi connectivity index (χ4n) is 2.72. The Bertz CT molecular complexity index is 1170. The van der Waals surface area contributed by atoms with Gasteiger partial charge in [0.25, 0.3) is 10.0 Å². The van der Waals surface area contributed by atoms with E-state index in [0.717, 1.165) is 16.4 Å². The largest absolute Gasteiger partial charge is 0.326 e. The van der Waals surface area contributed by atoms with Crippen molar-refractivity contribution in [2.75, 3.05) is 21.5 Å². The van der Waals surface area contributed by atoms with Gasteiger partial charge in [-0.1, -0.05) is 0 Å². The maximum absolute atomic E-state index is 13.3. The standard InChI is InChI=1S/C21H19FN4O4S/c1-15(27)24-17-6-8-18(9-7-17)25-21(28)14-26(19-10-4-16(22)5-11-19)31(29,30)20-3-2-12-23-13-20/h2-13H,14H2,1H3,(H,24,27)(H,25,28). The second-order valence-corrected chi connectivity index (χ2v) is 8.35. The first-order valence-corrected chi connectivity index (χ1v) is 10.6. The molecule has 1 heterocycles. The van der Waals surface area contributed by atoms with Crippen LogP contribution < -0.4 is 14.9 Å².